The number of carbonyl (C=O) groups excluding carboxylic acids is 2. The number of hydrogen-bond donors (Lipinski definition) is 2. The molecule has 270 valence electrons. The molecule has 0 saturated carbocycles. The van der Waals surface area contributed by atoms with Gasteiger partial charge in [0.15, 0.2) is 0 Å². The van der Waals surface area contributed by atoms with E-state index in [1.54, 1.807) is 12.4 Å². The second-order valence-corrected chi connectivity index (χ2v) is 14.8. The molecule has 8 rings (SSSR count). The van der Waals surface area contributed by atoms with Crippen LogP contribution in [0.5, 0.6) is 0 Å². The SMILES string of the molecule is C[C@@H](c1ccc(Cl)cc1Cl)n1cnc(-c2ccccc2)c1-c1c(C(=O)Nc2ccccc2N2CCC(N3CCCOC3=O)CC2)[nH]c2cc(Cl)ccc12. The third-order valence-corrected chi connectivity index (χ3v) is 11.1. The number of cyclic esters (lactones) is 1. The predicted molar refractivity (Wildman–Crippen MR) is 213 cm³/mol. The van der Waals surface area contributed by atoms with Gasteiger partial charge in [0.2, 0.25) is 0 Å². The molecule has 4 heterocycles. The Morgan fingerprint density at radius 3 is 2.43 bits per heavy atom. The molecule has 2 aromatic heterocycles. The summed E-state index contributed by atoms with van der Waals surface area (Å²) < 4.78 is 7.37. The Hall–Kier alpha value is -4.96. The number of para-hydroxylation sites is 2. The van der Waals surface area contributed by atoms with E-state index in [-0.39, 0.29) is 24.1 Å². The van der Waals surface area contributed by atoms with Gasteiger partial charge < -0.3 is 29.4 Å². The molecule has 2 aliphatic heterocycles. The summed E-state index contributed by atoms with van der Waals surface area (Å²) in [5, 5.41) is 5.69. The van der Waals surface area contributed by atoms with Crippen LogP contribution in [0.1, 0.15) is 48.3 Å². The summed E-state index contributed by atoms with van der Waals surface area (Å²) in [6.07, 6.45) is 4.05. The van der Waals surface area contributed by atoms with Crippen LogP contribution in [0.25, 0.3) is 33.4 Å². The summed E-state index contributed by atoms with van der Waals surface area (Å²) in [5.74, 6) is -0.310. The fourth-order valence-electron chi connectivity index (χ4n) is 7.64. The molecule has 1 atom stereocenters. The van der Waals surface area contributed by atoms with Crippen LogP contribution in [0.3, 0.4) is 0 Å². The molecule has 0 spiro atoms. The molecule has 2 amide bonds. The van der Waals surface area contributed by atoms with Gasteiger partial charge in [-0.2, -0.15) is 0 Å². The van der Waals surface area contributed by atoms with Crippen molar-refractivity contribution in [3.8, 4) is 22.5 Å². The predicted octanol–water partition coefficient (Wildman–Crippen LogP) is 10.3. The summed E-state index contributed by atoms with van der Waals surface area (Å²) in [5.41, 5.74) is 6.61. The normalized spacial score (nSPS) is 15.8. The molecule has 0 unspecified atom stereocenters. The number of fused-ring (bicyclic) bond motifs is 1. The van der Waals surface area contributed by atoms with E-state index in [9.17, 15) is 9.59 Å². The molecule has 2 N–H and O–H groups in total. The Labute approximate surface area is 322 Å². The fourth-order valence-corrected chi connectivity index (χ4v) is 8.38. The number of amides is 2. The summed E-state index contributed by atoms with van der Waals surface area (Å²) >= 11 is 19.6. The molecule has 4 aromatic carbocycles. The van der Waals surface area contributed by atoms with E-state index < -0.39 is 0 Å². The van der Waals surface area contributed by atoms with E-state index in [1.807, 2.05) is 96.8 Å². The highest BCUT2D eigenvalue weighted by Crippen LogP contribution is 2.42. The van der Waals surface area contributed by atoms with E-state index in [2.05, 4.69) is 19.8 Å². The Morgan fingerprint density at radius 1 is 0.925 bits per heavy atom. The van der Waals surface area contributed by atoms with Crippen molar-refractivity contribution in [1.82, 2.24) is 19.4 Å². The number of carbonyl (C=O) groups is 2. The van der Waals surface area contributed by atoms with Gasteiger partial charge in [-0.05, 0) is 68.1 Å². The van der Waals surface area contributed by atoms with Crippen molar-refractivity contribution in [1.29, 1.82) is 0 Å². The number of halogens is 3. The molecule has 0 radical (unpaired) electrons. The zero-order valence-corrected chi connectivity index (χ0v) is 31.3. The maximum atomic E-state index is 14.7. The lowest BCUT2D eigenvalue weighted by atomic mass is 9.99. The number of piperidine rings is 1. The lowest BCUT2D eigenvalue weighted by Gasteiger charge is -2.40. The van der Waals surface area contributed by atoms with Crippen LogP contribution in [-0.4, -0.2) is 63.7 Å². The van der Waals surface area contributed by atoms with Gasteiger partial charge in [-0.15, -0.1) is 0 Å². The zero-order chi connectivity index (χ0) is 36.6. The number of imidazole rings is 1. The van der Waals surface area contributed by atoms with E-state index >= 15 is 0 Å². The molecule has 9 nitrogen and oxygen atoms in total. The average molecular weight is 768 g/mol. The van der Waals surface area contributed by atoms with Crippen molar-refractivity contribution in [2.75, 3.05) is 36.5 Å². The van der Waals surface area contributed by atoms with Crippen molar-refractivity contribution in [2.24, 2.45) is 0 Å². The van der Waals surface area contributed by atoms with E-state index in [0.29, 0.717) is 49.8 Å². The standard InChI is InChI=1S/C41H37Cl3N6O3/c1-25(30-14-12-27(42)22-32(30)44)50-24-45-37(26-8-3-2-4-9-26)39(50)36-31-15-13-28(43)23-34(31)46-38(36)40(51)47-33-10-5-6-11-35(33)48-19-16-29(17-20-48)49-18-7-21-53-41(49)52/h2-6,8-15,22-25,29,46H,7,16-21H2,1H3,(H,47,51)/t25-/m0/s1. The Morgan fingerprint density at radius 2 is 1.66 bits per heavy atom. The number of benzene rings is 4. The van der Waals surface area contributed by atoms with Crippen LogP contribution in [0.2, 0.25) is 15.1 Å². The highest BCUT2D eigenvalue weighted by atomic mass is 35.5. The molecule has 2 aliphatic rings. The van der Waals surface area contributed by atoms with Crippen LogP contribution in [0, 0.1) is 0 Å². The molecule has 12 heteroatoms. The van der Waals surface area contributed by atoms with Gasteiger partial charge in [-0.3, -0.25) is 4.79 Å². The van der Waals surface area contributed by atoms with Crippen molar-refractivity contribution < 1.29 is 14.3 Å². The topological polar surface area (TPSA) is 95.5 Å². The smallest absolute Gasteiger partial charge is 0.410 e. The van der Waals surface area contributed by atoms with Gasteiger partial charge in [0.05, 0.1) is 41.7 Å². The van der Waals surface area contributed by atoms with E-state index in [0.717, 1.165) is 66.8 Å². The average Bonchev–Trinajstić information content (AvgIpc) is 3.77. The minimum absolute atomic E-state index is 0.135. The van der Waals surface area contributed by atoms with Crippen molar-refractivity contribution in [3.05, 3.63) is 124 Å². The van der Waals surface area contributed by atoms with Crippen LogP contribution >= 0.6 is 34.8 Å². The molecule has 2 fully saturated rings. The lowest BCUT2D eigenvalue weighted by molar-refractivity contribution is 0.0499. The lowest BCUT2D eigenvalue weighted by Crippen LogP contribution is -2.50. The van der Waals surface area contributed by atoms with Gasteiger partial charge in [0.1, 0.15) is 5.69 Å². The van der Waals surface area contributed by atoms with Crippen LogP contribution in [0.15, 0.2) is 97.3 Å². The number of aromatic amines is 1. The number of nitrogens with zero attached hydrogens (tertiary/aromatic N) is 4. The van der Waals surface area contributed by atoms with E-state index in [1.165, 1.54) is 0 Å². The highest BCUT2D eigenvalue weighted by Gasteiger charge is 2.32. The van der Waals surface area contributed by atoms with Gasteiger partial charge in [-0.25, -0.2) is 9.78 Å². The van der Waals surface area contributed by atoms with Crippen molar-refractivity contribution in [2.45, 2.75) is 38.3 Å². The number of hydrogen-bond acceptors (Lipinski definition) is 5. The van der Waals surface area contributed by atoms with Crippen molar-refractivity contribution >= 4 is 69.1 Å². The summed E-state index contributed by atoms with van der Waals surface area (Å²) in [7, 11) is 0. The first-order valence-electron chi connectivity index (χ1n) is 17.7. The summed E-state index contributed by atoms with van der Waals surface area (Å²) in [6.45, 7) is 4.74. The van der Waals surface area contributed by atoms with Crippen LogP contribution in [-0.2, 0) is 4.74 Å². The third kappa shape index (κ3) is 6.85. The Balaban J connectivity index is 1.19. The number of anilines is 2. The van der Waals surface area contributed by atoms with Gasteiger partial charge >= 0.3 is 6.09 Å². The summed E-state index contributed by atoms with van der Waals surface area (Å²) in [6, 6.07) is 28.7. The monoisotopic (exact) mass is 766 g/mol. The summed E-state index contributed by atoms with van der Waals surface area (Å²) in [4.78, 5) is 39.6. The van der Waals surface area contributed by atoms with Gasteiger partial charge in [-0.1, -0.05) is 89.4 Å². The van der Waals surface area contributed by atoms with Crippen LogP contribution < -0.4 is 10.2 Å². The number of nitrogens with one attached hydrogen (secondary N) is 2. The second-order valence-electron chi connectivity index (χ2n) is 13.5. The largest absolute Gasteiger partial charge is 0.449 e. The van der Waals surface area contributed by atoms with Gasteiger partial charge in [0, 0.05) is 62.8 Å². The maximum Gasteiger partial charge on any atom is 0.410 e. The number of H-pyrrole nitrogens is 1. The second kappa shape index (κ2) is 14.8. The first-order chi connectivity index (χ1) is 25.8. The molecule has 6 aromatic rings. The first kappa shape index (κ1) is 35.1. The number of rotatable bonds is 8. The quantitative estimate of drug-likeness (QED) is 0.161. The van der Waals surface area contributed by atoms with E-state index in [4.69, 9.17) is 44.5 Å². The third-order valence-electron chi connectivity index (χ3n) is 10.3. The number of aromatic nitrogens is 3. The zero-order valence-electron chi connectivity index (χ0n) is 29.0. The maximum absolute atomic E-state index is 14.7. The molecule has 2 saturated heterocycles. The fraction of sp³-hybridized carbons (Fsp3) is 0.244. The number of ether oxygens (including phenoxy) is 1. The molecule has 0 bridgehead atoms. The molecular formula is C41H37Cl3N6O3. The van der Waals surface area contributed by atoms with Crippen LogP contribution in [0.4, 0.5) is 16.2 Å². The highest BCUT2D eigenvalue weighted by molar-refractivity contribution is 6.35. The van der Waals surface area contributed by atoms with Gasteiger partial charge in [0.25, 0.3) is 5.91 Å². The first-order valence-corrected chi connectivity index (χ1v) is 18.9. The van der Waals surface area contributed by atoms with Crippen molar-refractivity contribution in [3.63, 3.8) is 0 Å². The molecular weight excluding hydrogens is 731 g/mol. The minimum atomic E-state index is -0.310. The Bertz CT molecular complexity index is 2320. The minimum Gasteiger partial charge on any atom is -0.449 e. The molecule has 0 aliphatic carbocycles. The molecule has 53 heavy (non-hydrogen) atoms. The Kier molecular flexibility index (Phi) is 9.81.